The molecule has 4 saturated heterocycles. The van der Waals surface area contributed by atoms with Gasteiger partial charge in [-0.2, -0.15) is 35.8 Å². The van der Waals surface area contributed by atoms with Crippen molar-refractivity contribution in [2.75, 3.05) is 49.4 Å². The van der Waals surface area contributed by atoms with Gasteiger partial charge in [-0.3, -0.25) is 0 Å². The number of hydrogen-bond acceptors (Lipinski definition) is 26. The topological polar surface area (TPSA) is 522 Å². The molecule has 13 rings (SSSR count). The number of aliphatic hydroxyl groups excluding tert-OH is 6. The zero-order chi connectivity index (χ0) is 76.6. The van der Waals surface area contributed by atoms with Crippen LogP contribution in [-0.4, -0.2) is 197 Å². The van der Waals surface area contributed by atoms with Gasteiger partial charge in [-0.25, -0.2) is 42.4 Å². The van der Waals surface area contributed by atoms with Gasteiger partial charge in [0.05, 0.1) is 96.5 Å². The Labute approximate surface area is 605 Å². The summed E-state index contributed by atoms with van der Waals surface area (Å²) >= 11 is 0. The number of aliphatic hydroxyl groups is 6. The maximum Gasteiger partial charge on any atom is 0.175 e. The van der Waals surface area contributed by atoms with Crippen LogP contribution in [0.5, 0.6) is 0 Å². The van der Waals surface area contributed by atoms with Crippen LogP contribution in [0.15, 0.2) is 66.0 Å². The summed E-state index contributed by atoms with van der Waals surface area (Å²) in [6.45, 7) is 27.2. The Kier molecular flexibility index (Phi) is 22.8. The highest BCUT2D eigenvalue weighted by Crippen LogP contribution is 2.50. The monoisotopic (exact) mass is 1490 g/mol. The van der Waals surface area contributed by atoms with Gasteiger partial charge in [-0.1, -0.05) is 122 Å². The minimum Gasteiger partial charge on any atom is -0.394 e. The van der Waals surface area contributed by atoms with Gasteiger partial charge in [0.2, 0.25) is 0 Å². The lowest BCUT2D eigenvalue weighted by Gasteiger charge is -2.25. The molecule has 4 aliphatic heterocycles. The molecule has 4 aliphatic rings. The van der Waals surface area contributed by atoms with Crippen molar-refractivity contribution in [1.82, 2.24) is 73.8 Å². The quantitative estimate of drug-likeness (QED) is 0.0234. The molecule has 0 aromatic carbocycles. The first-order valence-electron chi connectivity index (χ1n) is 33.8. The Morgan fingerprint density at radius 3 is 1.30 bits per heavy atom. The summed E-state index contributed by atoms with van der Waals surface area (Å²) in [6.07, 6.45) is 0.0560. The number of alkyl halides is 1. The number of nitrogens with one attached hydrogen (secondary N) is 1. The molecule has 15 N–H and O–H groups in total. The number of rotatable bonds is 11. The van der Waals surface area contributed by atoms with E-state index in [4.69, 9.17) is 52.9 Å². The molecule has 0 radical (unpaired) electrons. The molecule has 4 fully saturated rings. The number of aromatic nitrogens is 15. The van der Waals surface area contributed by atoms with Gasteiger partial charge in [-0.05, 0) is 47.2 Å². The SMILES string of the molecule is C[C@H]1[C@H](F)[C@H](c2cc(C#C[Si](C)(C)C)c3c(N)ncnn23)O[C@@H]1CO.C[C@H]1[C@H](O)[C@H](c2cc(-c3cn[nH]n3)c3c(N)ncnn23)O[C@@]1(CO)N=[N+]=[N-].C[C@H]1[C@H](O)[C@H](c2cc(C#C[Si](C)(C)C)c3c(N)ncnn23)O[C@@H]1CO.C[C@H]1[C@H](c2cc(C#C[Si](C)(C)C)c3c(N)ncnn23)O[C@@](CO)(N=[N+]=[N-])[C@H]1C. The molecule has 9 aromatic heterocycles. The fraction of sp³-hybridized carbons (Fsp3) is 0.515. The van der Waals surface area contributed by atoms with Gasteiger partial charge in [0.25, 0.3) is 0 Å². The van der Waals surface area contributed by atoms with Crippen LogP contribution in [0.4, 0.5) is 27.7 Å². The summed E-state index contributed by atoms with van der Waals surface area (Å²) in [4.78, 5) is 21.8. The molecule has 0 spiro atoms. The molecule has 13 heterocycles. The smallest absolute Gasteiger partial charge is 0.175 e. The minimum absolute atomic E-state index is 0.0373. The van der Waals surface area contributed by atoms with Crippen molar-refractivity contribution in [3.05, 3.63) is 116 Å². The molecular formula is C66H88FN25O10Si3. The van der Waals surface area contributed by atoms with Crippen LogP contribution < -0.4 is 22.9 Å². The van der Waals surface area contributed by atoms with Gasteiger partial charge in [0.15, 0.2) is 34.7 Å². The Morgan fingerprint density at radius 2 is 0.914 bits per heavy atom. The van der Waals surface area contributed by atoms with Crippen LogP contribution in [0.25, 0.3) is 54.2 Å². The maximum absolute atomic E-state index is 14.8. The van der Waals surface area contributed by atoms with Gasteiger partial charge in [0.1, 0.15) is 108 Å². The van der Waals surface area contributed by atoms with Gasteiger partial charge < -0.3 is 72.5 Å². The van der Waals surface area contributed by atoms with E-state index in [2.05, 4.69) is 169 Å². The van der Waals surface area contributed by atoms with E-state index in [9.17, 15) is 35.0 Å². The van der Waals surface area contributed by atoms with E-state index in [1.807, 2.05) is 32.9 Å². The van der Waals surface area contributed by atoms with Crippen LogP contribution in [0, 0.1) is 64.0 Å². The van der Waals surface area contributed by atoms with Crippen molar-refractivity contribution < 1.29 is 54.0 Å². The Morgan fingerprint density at radius 1 is 0.533 bits per heavy atom. The van der Waals surface area contributed by atoms with Crippen molar-refractivity contribution in [2.24, 2.45) is 39.8 Å². The van der Waals surface area contributed by atoms with Crippen molar-refractivity contribution in [2.45, 2.75) is 160 Å². The molecule has 0 bridgehead atoms. The van der Waals surface area contributed by atoms with Crippen LogP contribution in [0.2, 0.25) is 58.9 Å². The van der Waals surface area contributed by atoms with E-state index in [0.29, 0.717) is 73.4 Å². The van der Waals surface area contributed by atoms with E-state index in [1.165, 1.54) is 36.0 Å². The van der Waals surface area contributed by atoms with Gasteiger partial charge in [-0.15, -0.1) is 16.6 Å². The standard InChI is InChI=1S/C18H25N7O2Si.C17H23FN4O2Si.C17H24N4O3Si.C14H16N10O3/c1-11-12(2)18(9-26,23-24-20)27-16(11)14-8-13(6-7-28(3,4)5)15-17(19)21-10-22-25(14)15;1-10-13(8-23)24-16(14(10)18)12-7-11(5-6-25(2,3)4)15-17(19)20-9-21-22(12)15;1-10-13(8-22)24-16(15(10)23)12-7-11(5-6-25(2,3)4)14-17(18)19-9-20-21(12)14;1-6-11(26)12(27-14(6,4-25)21-22-16)9-2-7(8-3-18-23-20-8)10-13(15)17-5-19-24(9)10/h8,10-12,16,26H,9H2,1-5H3,(H2,19,21,22);7,9-10,13-14,16,23H,8H2,1-4H3,(H2,19,20,21);7,9-10,13,15-16,22-23H,8H2,1-4H3,(H2,18,19,20);2-3,5-6,11-12,25-26H,4H2,1H3,(H2,15,17,19)(H,18,20,23)/t11-,12+,16-,18-;10-,13-,14+,16+;10-,13-,15+,16+;6-,11-,12-,14+/m1110/s1. The predicted octanol–water partition coefficient (Wildman–Crippen LogP) is 5.96. The molecule has 35 nitrogen and oxygen atoms in total. The van der Waals surface area contributed by atoms with E-state index in [1.54, 1.807) is 39.5 Å². The Bertz CT molecular complexity index is 4830. The summed E-state index contributed by atoms with van der Waals surface area (Å²) in [6, 6.07) is 7.23. The summed E-state index contributed by atoms with van der Waals surface area (Å²) in [5, 5.41) is 94.5. The van der Waals surface area contributed by atoms with Crippen LogP contribution in [0.1, 0.15) is 98.5 Å². The van der Waals surface area contributed by atoms with Gasteiger partial charge >= 0.3 is 0 Å². The predicted molar refractivity (Wildman–Crippen MR) is 393 cm³/mol. The average Bonchev–Trinajstić information content (AvgIpc) is 1.59. The lowest BCUT2D eigenvalue weighted by atomic mass is 9.86. The molecule has 9 aromatic rings. The van der Waals surface area contributed by atoms with E-state index in [0.717, 1.165) is 16.8 Å². The van der Waals surface area contributed by atoms with Crippen LogP contribution in [0.3, 0.4) is 0 Å². The van der Waals surface area contributed by atoms with Crippen molar-refractivity contribution in [3.63, 3.8) is 0 Å². The number of halogens is 1. The number of H-pyrrole nitrogens is 1. The molecule has 39 heteroatoms. The summed E-state index contributed by atoms with van der Waals surface area (Å²) in [5.41, 5.74) is 57.0. The summed E-state index contributed by atoms with van der Waals surface area (Å²) in [7, 11) is -4.78. The number of hydrogen-bond donors (Lipinski definition) is 11. The molecule has 0 saturated carbocycles. The number of azide groups is 2. The second-order valence-corrected chi connectivity index (χ2v) is 43.8. The number of anilines is 4. The molecular weight excluding hydrogens is 1410 g/mol. The zero-order valence-corrected chi connectivity index (χ0v) is 63.6. The average molecular weight is 1490 g/mol. The maximum atomic E-state index is 14.8. The largest absolute Gasteiger partial charge is 0.394 e. The number of aromatic amines is 1. The lowest BCUT2D eigenvalue weighted by molar-refractivity contribution is -0.0882. The highest BCUT2D eigenvalue weighted by Gasteiger charge is 2.55. The zero-order valence-electron chi connectivity index (χ0n) is 60.6. The minimum atomic E-state index is -1.60. The first-order chi connectivity index (χ1) is 49.6. The van der Waals surface area contributed by atoms with Crippen LogP contribution in [-0.2, 0) is 18.9 Å². The number of nitrogens with two attached hydrogens (primary N) is 4. The molecule has 16 atom stereocenters. The normalized spacial score (nSPS) is 27.1. The third-order valence-electron chi connectivity index (χ3n) is 18.9. The second-order valence-electron chi connectivity index (χ2n) is 29.5. The van der Waals surface area contributed by atoms with Crippen molar-refractivity contribution in [1.29, 1.82) is 0 Å². The Balaban J connectivity index is 0.000000150. The third kappa shape index (κ3) is 15.5. The first-order valence-corrected chi connectivity index (χ1v) is 44.3. The molecule has 0 amide bonds. The summed E-state index contributed by atoms with van der Waals surface area (Å²) in [5.74, 6) is 9.30. The van der Waals surface area contributed by atoms with E-state index >= 15 is 0 Å². The second kappa shape index (κ2) is 30.8. The van der Waals surface area contributed by atoms with Crippen molar-refractivity contribution >= 4 is 69.6 Å². The van der Waals surface area contributed by atoms with Gasteiger partial charge in [0, 0.05) is 33.1 Å². The fourth-order valence-corrected chi connectivity index (χ4v) is 14.3. The van der Waals surface area contributed by atoms with Crippen molar-refractivity contribution in [3.8, 4) is 45.6 Å². The molecule has 0 unspecified atom stereocenters. The first kappa shape index (κ1) is 77.9. The highest BCUT2D eigenvalue weighted by molar-refractivity contribution is 6.84. The third-order valence-corrected chi connectivity index (χ3v) is 21.5. The Hall–Kier alpha value is -9.70. The summed E-state index contributed by atoms with van der Waals surface area (Å²) < 4.78 is 44.7. The fourth-order valence-electron chi connectivity index (χ4n) is 12.8. The lowest BCUT2D eigenvalue weighted by Crippen LogP contribution is -2.37. The number of ether oxygens (including phenoxy) is 4. The van der Waals surface area contributed by atoms with E-state index < -0.39 is 116 Å². The number of nitrogens with zero attached hydrogens (tertiary/aromatic N) is 20. The highest BCUT2D eigenvalue weighted by atomic mass is 28.3. The number of nitrogen functional groups attached to an aromatic ring is 4. The van der Waals surface area contributed by atoms with E-state index in [-0.39, 0.29) is 36.8 Å². The molecule has 556 valence electrons. The number of fused-ring (bicyclic) bond motifs is 4. The molecule has 105 heavy (non-hydrogen) atoms. The van der Waals surface area contributed by atoms with Crippen LogP contribution >= 0.6 is 0 Å². The molecule has 0 aliphatic carbocycles.